The maximum absolute atomic E-state index is 12.0. The average molecular weight is 345 g/mol. The Morgan fingerprint density at radius 3 is 2.64 bits per heavy atom. The average Bonchev–Trinajstić information content (AvgIpc) is 3.01. The number of carbonyl (C=O) groups is 3. The topological polar surface area (TPSA) is 94.5 Å². The molecule has 0 saturated carbocycles. The van der Waals surface area contributed by atoms with Crippen LogP contribution in [0.4, 0.5) is 16.2 Å². The second kappa shape index (κ2) is 7.20. The predicted molar refractivity (Wildman–Crippen MR) is 91.3 cm³/mol. The highest BCUT2D eigenvalue weighted by Gasteiger charge is 2.32. The zero-order valence-electron chi connectivity index (χ0n) is 13.8. The summed E-state index contributed by atoms with van der Waals surface area (Å²) in [6.07, 6.45) is 1.50. The van der Waals surface area contributed by atoms with E-state index in [9.17, 15) is 14.4 Å². The van der Waals surface area contributed by atoms with Crippen LogP contribution in [0.2, 0.25) is 0 Å². The van der Waals surface area contributed by atoms with E-state index in [0.29, 0.717) is 32.6 Å². The van der Waals surface area contributed by atoms with Gasteiger partial charge in [0.05, 0.1) is 19.6 Å². The quantitative estimate of drug-likeness (QED) is 0.778. The highest BCUT2D eigenvalue weighted by molar-refractivity contribution is 5.90. The Kier molecular flexibility index (Phi) is 4.82. The molecule has 1 unspecified atom stereocenters. The normalized spacial score (nSPS) is 19.8. The number of rotatable bonds is 5. The number of anilines is 2. The van der Waals surface area contributed by atoms with Crippen LogP contribution in [0.25, 0.3) is 0 Å². The van der Waals surface area contributed by atoms with Crippen LogP contribution in [0.1, 0.15) is 6.92 Å². The lowest BCUT2D eigenvalue weighted by molar-refractivity contribution is -0.119. The molecular weight excluding hydrogens is 326 g/mol. The van der Waals surface area contributed by atoms with Gasteiger partial charge in [0, 0.05) is 24.8 Å². The molecule has 1 N–H and O–H groups in total. The van der Waals surface area contributed by atoms with Gasteiger partial charge in [-0.05, 0) is 24.3 Å². The first-order valence-corrected chi connectivity index (χ1v) is 7.92. The molecule has 0 radical (unpaired) electrons. The Morgan fingerprint density at radius 1 is 1.32 bits per heavy atom. The van der Waals surface area contributed by atoms with Crippen molar-refractivity contribution in [3.8, 4) is 0 Å². The number of hydrogen-bond acceptors (Lipinski definition) is 6. The van der Waals surface area contributed by atoms with Crippen molar-refractivity contribution >= 4 is 36.1 Å². The van der Waals surface area contributed by atoms with Gasteiger partial charge in [0.25, 0.3) is 0 Å². The maximum atomic E-state index is 12.0. The third-order valence-corrected chi connectivity index (χ3v) is 3.98. The Morgan fingerprint density at radius 2 is 2.04 bits per heavy atom. The van der Waals surface area contributed by atoms with Crippen LogP contribution in [0.15, 0.2) is 29.4 Å². The zero-order chi connectivity index (χ0) is 17.8. The number of amides is 3. The molecule has 1 fully saturated rings. The van der Waals surface area contributed by atoms with Crippen LogP contribution in [0.3, 0.4) is 0 Å². The van der Waals surface area contributed by atoms with E-state index in [1.54, 1.807) is 6.34 Å². The second-order valence-electron chi connectivity index (χ2n) is 5.76. The highest BCUT2D eigenvalue weighted by Crippen LogP contribution is 2.25. The van der Waals surface area contributed by atoms with Crippen molar-refractivity contribution in [1.82, 2.24) is 10.3 Å². The van der Waals surface area contributed by atoms with Crippen LogP contribution < -0.4 is 15.1 Å². The maximum Gasteiger partial charge on any atom is 0.414 e. The van der Waals surface area contributed by atoms with E-state index in [1.807, 2.05) is 29.2 Å². The fourth-order valence-corrected chi connectivity index (χ4v) is 2.65. The molecule has 132 valence electrons. The minimum Gasteiger partial charge on any atom is -0.442 e. The smallest absolute Gasteiger partial charge is 0.414 e. The SMILES string of the molecule is CC(=O)NCC1CN(c2ccc(N3C=NN(C=O)CC3)cc2)C(=O)O1. The zero-order valence-corrected chi connectivity index (χ0v) is 13.8. The number of benzene rings is 1. The summed E-state index contributed by atoms with van der Waals surface area (Å²) < 4.78 is 5.25. The fraction of sp³-hybridized carbons (Fsp3) is 0.375. The largest absolute Gasteiger partial charge is 0.442 e. The summed E-state index contributed by atoms with van der Waals surface area (Å²) in [5, 5.41) is 7.99. The van der Waals surface area contributed by atoms with Crippen molar-refractivity contribution in [2.45, 2.75) is 13.0 Å². The number of ether oxygens (including phenoxy) is 1. The van der Waals surface area contributed by atoms with E-state index < -0.39 is 6.09 Å². The van der Waals surface area contributed by atoms with Crippen molar-refractivity contribution in [3.63, 3.8) is 0 Å². The summed E-state index contributed by atoms with van der Waals surface area (Å²) in [6, 6.07) is 7.42. The first-order chi connectivity index (χ1) is 12.1. The minimum absolute atomic E-state index is 0.157. The summed E-state index contributed by atoms with van der Waals surface area (Å²) in [6.45, 7) is 3.27. The van der Waals surface area contributed by atoms with Gasteiger partial charge < -0.3 is 15.0 Å². The monoisotopic (exact) mass is 345 g/mol. The van der Waals surface area contributed by atoms with Gasteiger partial charge in [-0.3, -0.25) is 14.5 Å². The molecule has 3 rings (SSSR count). The summed E-state index contributed by atoms with van der Waals surface area (Å²) in [5.74, 6) is -0.157. The molecule has 2 heterocycles. The standard InChI is InChI=1S/C16H19N5O4/c1-12(23)17-8-15-9-21(16(24)25-15)14-4-2-13(3-5-14)19-6-7-20(11-22)18-10-19/h2-5,10-11,15H,6-9H2,1H3,(H,17,23). The summed E-state index contributed by atoms with van der Waals surface area (Å²) in [7, 11) is 0. The van der Waals surface area contributed by atoms with Gasteiger partial charge in [-0.1, -0.05) is 0 Å². The van der Waals surface area contributed by atoms with E-state index in [-0.39, 0.29) is 12.0 Å². The lowest BCUT2D eigenvalue weighted by atomic mass is 10.2. The van der Waals surface area contributed by atoms with Gasteiger partial charge in [-0.25, -0.2) is 9.80 Å². The van der Waals surface area contributed by atoms with Crippen molar-refractivity contribution in [2.75, 3.05) is 36.0 Å². The number of nitrogens with zero attached hydrogens (tertiary/aromatic N) is 4. The lowest BCUT2D eigenvalue weighted by Crippen LogP contribution is -2.37. The molecule has 0 aliphatic carbocycles. The number of hydrogen-bond donors (Lipinski definition) is 1. The molecule has 9 nitrogen and oxygen atoms in total. The van der Waals surface area contributed by atoms with Crippen molar-refractivity contribution in [1.29, 1.82) is 0 Å². The lowest BCUT2D eigenvalue weighted by Gasteiger charge is -2.26. The van der Waals surface area contributed by atoms with Gasteiger partial charge in [-0.2, -0.15) is 5.10 Å². The molecule has 1 aromatic rings. The van der Waals surface area contributed by atoms with Crippen molar-refractivity contribution < 1.29 is 19.1 Å². The Bertz CT molecular complexity index is 690. The number of hydrazone groups is 1. The van der Waals surface area contributed by atoms with Gasteiger partial charge in [0.2, 0.25) is 12.3 Å². The molecule has 9 heteroatoms. The number of cyclic esters (lactones) is 1. The van der Waals surface area contributed by atoms with Crippen LogP contribution in [-0.4, -0.2) is 62.0 Å². The molecular formula is C16H19N5O4. The fourth-order valence-electron chi connectivity index (χ4n) is 2.65. The number of carbonyl (C=O) groups excluding carboxylic acids is 3. The molecule has 1 aromatic carbocycles. The summed E-state index contributed by atoms with van der Waals surface area (Å²) >= 11 is 0. The Labute approximate surface area is 144 Å². The summed E-state index contributed by atoms with van der Waals surface area (Å²) in [4.78, 5) is 37.1. The minimum atomic E-state index is -0.427. The third-order valence-electron chi connectivity index (χ3n) is 3.98. The van der Waals surface area contributed by atoms with Crippen LogP contribution >= 0.6 is 0 Å². The van der Waals surface area contributed by atoms with Crippen LogP contribution in [-0.2, 0) is 14.3 Å². The highest BCUT2D eigenvalue weighted by atomic mass is 16.6. The van der Waals surface area contributed by atoms with Crippen molar-refractivity contribution in [2.24, 2.45) is 5.10 Å². The van der Waals surface area contributed by atoms with Gasteiger partial charge in [-0.15, -0.1) is 0 Å². The molecule has 0 bridgehead atoms. The van der Waals surface area contributed by atoms with Crippen LogP contribution in [0.5, 0.6) is 0 Å². The predicted octanol–water partition coefficient (Wildman–Crippen LogP) is 0.370. The molecule has 1 atom stereocenters. The Hall–Kier alpha value is -3.10. The summed E-state index contributed by atoms with van der Waals surface area (Å²) in [5.41, 5.74) is 1.64. The molecule has 0 spiro atoms. The van der Waals surface area contributed by atoms with Crippen LogP contribution in [0, 0.1) is 0 Å². The van der Waals surface area contributed by atoms with E-state index >= 15 is 0 Å². The van der Waals surface area contributed by atoms with E-state index in [4.69, 9.17) is 4.74 Å². The molecule has 1 saturated heterocycles. The third kappa shape index (κ3) is 3.87. The molecule has 2 aliphatic rings. The van der Waals surface area contributed by atoms with Gasteiger partial charge >= 0.3 is 6.09 Å². The van der Waals surface area contributed by atoms with E-state index in [2.05, 4.69) is 10.4 Å². The van der Waals surface area contributed by atoms with Gasteiger partial charge in [0.15, 0.2) is 0 Å². The Balaban J connectivity index is 1.63. The second-order valence-corrected chi connectivity index (χ2v) is 5.76. The molecule has 3 amide bonds. The van der Waals surface area contributed by atoms with E-state index in [0.717, 1.165) is 11.4 Å². The van der Waals surface area contributed by atoms with E-state index in [1.165, 1.54) is 16.8 Å². The molecule has 25 heavy (non-hydrogen) atoms. The molecule has 2 aliphatic heterocycles. The first-order valence-electron chi connectivity index (χ1n) is 7.92. The number of nitrogens with one attached hydrogen (secondary N) is 1. The van der Waals surface area contributed by atoms with Gasteiger partial charge in [0.1, 0.15) is 12.4 Å². The molecule has 0 aromatic heterocycles. The first kappa shape index (κ1) is 16.7. The van der Waals surface area contributed by atoms with Crippen molar-refractivity contribution in [3.05, 3.63) is 24.3 Å².